The minimum atomic E-state index is -0.346. The summed E-state index contributed by atoms with van der Waals surface area (Å²) in [6, 6.07) is 5.27. The number of benzene rings is 1. The van der Waals surface area contributed by atoms with Crippen molar-refractivity contribution in [2.24, 2.45) is 16.1 Å². The third-order valence-electron chi connectivity index (χ3n) is 3.66. The van der Waals surface area contributed by atoms with Crippen molar-refractivity contribution in [2.45, 2.75) is 19.8 Å². The van der Waals surface area contributed by atoms with E-state index in [4.69, 9.17) is 9.47 Å². The first-order chi connectivity index (χ1) is 11.5. The van der Waals surface area contributed by atoms with Crippen molar-refractivity contribution in [2.75, 3.05) is 14.2 Å². The topological polar surface area (TPSA) is 101 Å². The first-order valence-electron chi connectivity index (χ1n) is 7.43. The zero-order valence-electron chi connectivity index (χ0n) is 13.8. The lowest BCUT2D eigenvalue weighted by atomic mass is 9.99. The molecule has 0 bridgehead atoms. The standard InChI is InChI=1S/C16H20N4O4/c1-10-13(16(22)20-18-10)6-7-15(21)19-17-9-11-4-5-12(23-2)8-14(11)24-3/h4-5,8-9,13H,6-7H2,1-3H3,(H,19,21)(H,20,22)/b17-9+. The molecule has 8 heteroatoms. The van der Waals surface area contributed by atoms with Gasteiger partial charge in [0.2, 0.25) is 11.8 Å². The lowest BCUT2D eigenvalue weighted by Gasteiger charge is -2.07. The highest BCUT2D eigenvalue weighted by molar-refractivity contribution is 6.07. The summed E-state index contributed by atoms with van der Waals surface area (Å²) in [6.45, 7) is 1.76. The number of carbonyl (C=O) groups is 2. The summed E-state index contributed by atoms with van der Waals surface area (Å²) in [6.07, 6.45) is 2.07. The van der Waals surface area contributed by atoms with E-state index in [1.54, 1.807) is 39.3 Å². The maximum absolute atomic E-state index is 11.8. The molecule has 0 radical (unpaired) electrons. The predicted octanol–water partition coefficient (Wildman–Crippen LogP) is 1.06. The average Bonchev–Trinajstić information content (AvgIpc) is 2.91. The third kappa shape index (κ3) is 4.31. The molecular formula is C16H20N4O4. The van der Waals surface area contributed by atoms with Gasteiger partial charge in [-0.3, -0.25) is 9.59 Å². The molecule has 0 fully saturated rings. The SMILES string of the molecule is COc1ccc(/C=N/NC(=O)CCC2C(=O)NN=C2C)c(OC)c1. The zero-order valence-corrected chi connectivity index (χ0v) is 13.8. The molecular weight excluding hydrogens is 312 g/mol. The number of methoxy groups -OCH3 is 2. The van der Waals surface area contributed by atoms with Gasteiger partial charge in [0, 0.05) is 23.8 Å². The molecule has 1 heterocycles. The molecule has 0 aromatic heterocycles. The highest BCUT2D eigenvalue weighted by Gasteiger charge is 2.26. The molecule has 8 nitrogen and oxygen atoms in total. The van der Waals surface area contributed by atoms with E-state index in [1.165, 1.54) is 6.21 Å². The number of hydrogen-bond acceptors (Lipinski definition) is 6. The van der Waals surface area contributed by atoms with Crippen LogP contribution in [-0.2, 0) is 9.59 Å². The van der Waals surface area contributed by atoms with Crippen LogP contribution in [0.4, 0.5) is 0 Å². The fourth-order valence-corrected chi connectivity index (χ4v) is 2.26. The smallest absolute Gasteiger partial charge is 0.248 e. The summed E-state index contributed by atoms with van der Waals surface area (Å²) < 4.78 is 10.4. The van der Waals surface area contributed by atoms with Gasteiger partial charge in [0.1, 0.15) is 11.5 Å². The van der Waals surface area contributed by atoms with Gasteiger partial charge in [-0.25, -0.2) is 10.9 Å². The summed E-state index contributed by atoms with van der Waals surface area (Å²) in [5.74, 6) is 0.459. The molecule has 1 atom stereocenters. The summed E-state index contributed by atoms with van der Waals surface area (Å²) in [7, 11) is 3.11. The lowest BCUT2D eigenvalue weighted by molar-refractivity contribution is -0.123. The Bertz CT molecular complexity index is 685. The van der Waals surface area contributed by atoms with Gasteiger partial charge in [-0.1, -0.05) is 0 Å². The molecule has 1 aromatic rings. The van der Waals surface area contributed by atoms with Gasteiger partial charge < -0.3 is 9.47 Å². The second-order valence-corrected chi connectivity index (χ2v) is 5.22. The zero-order chi connectivity index (χ0) is 17.5. The molecule has 2 N–H and O–H groups in total. The molecule has 1 unspecified atom stereocenters. The Labute approximate surface area is 139 Å². The maximum atomic E-state index is 11.8. The van der Waals surface area contributed by atoms with E-state index < -0.39 is 0 Å². The van der Waals surface area contributed by atoms with Crippen LogP contribution < -0.4 is 20.3 Å². The lowest BCUT2D eigenvalue weighted by Crippen LogP contribution is -2.25. The average molecular weight is 332 g/mol. The van der Waals surface area contributed by atoms with Crippen molar-refractivity contribution in [3.8, 4) is 11.5 Å². The number of carbonyl (C=O) groups excluding carboxylic acids is 2. The third-order valence-corrected chi connectivity index (χ3v) is 3.66. The van der Waals surface area contributed by atoms with Gasteiger partial charge in [0.05, 0.1) is 26.4 Å². The Morgan fingerprint density at radius 2 is 2.21 bits per heavy atom. The second kappa shape index (κ2) is 8.09. The van der Waals surface area contributed by atoms with Gasteiger partial charge in [-0.2, -0.15) is 10.2 Å². The van der Waals surface area contributed by atoms with E-state index in [1.807, 2.05) is 0 Å². The van der Waals surface area contributed by atoms with Crippen LogP contribution >= 0.6 is 0 Å². The Kier molecular flexibility index (Phi) is 5.89. The number of amides is 2. The first kappa shape index (κ1) is 17.5. The molecule has 2 rings (SSSR count). The van der Waals surface area contributed by atoms with Gasteiger partial charge in [-0.15, -0.1) is 0 Å². The van der Waals surface area contributed by atoms with E-state index in [0.29, 0.717) is 29.2 Å². The molecule has 24 heavy (non-hydrogen) atoms. The van der Waals surface area contributed by atoms with Crippen molar-refractivity contribution >= 4 is 23.7 Å². The maximum Gasteiger partial charge on any atom is 0.248 e. The first-order valence-corrected chi connectivity index (χ1v) is 7.43. The van der Waals surface area contributed by atoms with Gasteiger partial charge in [-0.05, 0) is 25.5 Å². The molecule has 1 aromatic carbocycles. The number of ether oxygens (including phenoxy) is 2. The monoisotopic (exact) mass is 332 g/mol. The van der Waals surface area contributed by atoms with Crippen LogP contribution in [0.5, 0.6) is 11.5 Å². The second-order valence-electron chi connectivity index (χ2n) is 5.22. The van der Waals surface area contributed by atoms with Gasteiger partial charge in [0.15, 0.2) is 0 Å². The highest BCUT2D eigenvalue weighted by atomic mass is 16.5. The minimum Gasteiger partial charge on any atom is -0.497 e. The van der Waals surface area contributed by atoms with Crippen molar-refractivity contribution in [1.82, 2.24) is 10.9 Å². The van der Waals surface area contributed by atoms with Crippen LogP contribution in [0.15, 0.2) is 28.4 Å². The van der Waals surface area contributed by atoms with Crippen molar-refractivity contribution in [3.05, 3.63) is 23.8 Å². The van der Waals surface area contributed by atoms with E-state index in [2.05, 4.69) is 21.1 Å². The number of hydrogen-bond donors (Lipinski definition) is 2. The molecule has 0 saturated heterocycles. The molecule has 0 spiro atoms. The normalized spacial score (nSPS) is 16.7. The summed E-state index contributed by atoms with van der Waals surface area (Å²) in [5.41, 5.74) is 6.23. The minimum absolute atomic E-state index is 0.174. The molecule has 0 aliphatic carbocycles. The van der Waals surface area contributed by atoms with Gasteiger partial charge >= 0.3 is 0 Å². The van der Waals surface area contributed by atoms with Crippen molar-refractivity contribution in [1.29, 1.82) is 0 Å². The van der Waals surface area contributed by atoms with E-state index in [9.17, 15) is 9.59 Å². The Balaban J connectivity index is 1.86. The molecule has 128 valence electrons. The summed E-state index contributed by atoms with van der Waals surface area (Å²) in [4.78, 5) is 23.3. The number of nitrogens with one attached hydrogen (secondary N) is 2. The Morgan fingerprint density at radius 1 is 1.42 bits per heavy atom. The van der Waals surface area contributed by atoms with Crippen molar-refractivity contribution in [3.63, 3.8) is 0 Å². The largest absolute Gasteiger partial charge is 0.497 e. The Hall–Kier alpha value is -2.90. The van der Waals surface area contributed by atoms with Crippen molar-refractivity contribution < 1.29 is 19.1 Å². The fourth-order valence-electron chi connectivity index (χ4n) is 2.26. The van der Waals surface area contributed by atoms with Gasteiger partial charge in [0.25, 0.3) is 0 Å². The van der Waals surface area contributed by atoms with E-state index in [0.717, 1.165) is 0 Å². The van der Waals surface area contributed by atoms with Crippen LogP contribution in [-0.4, -0.2) is 38.0 Å². The van der Waals surface area contributed by atoms with Crippen LogP contribution in [0.1, 0.15) is 25.3 Å². The Morgan fingerprint density at radius 3 is 2.83 bits per heavy atom. The highest BCUT2D eigenvalue weighted by Crippen LogP contribution is 2.23. The fraction of sp³-hybridized carbons (Fsp3) is 0.375. The van der Waals surface area contributed by atoms with E-state index in [-0.39, 0.29) is 24.2 Å². The molecule has 1 aliphatic rings. The summed E-state index contributed by atoms with van der Waals surface area (Å²) in [5, 5.41) is 7.76. The quantitative estimate of drug-likeness (QED) is 0.576. The molecule has 2 amide bonds. The molecule has 0 saturated carbocycles. The number of rotatable bonds is 7. The number of nitrogens with zero attached hydrogens (tertiary/aromatic N) is 2. The van der Waals surface area contributed by atoms with E-state index >= 15 is 0 Å². The van der Waals surface area contributed by atoms with Crippen LogP contribution in [0.3, 0.4) is 0 Å². The molecule has 1 aliphatic heterocycles. The van der Waals surface area contributed by atoms with Crippen LogP contribution in [0.25, 0.3) is 0 Å². The van der Waals surface area contributed by atoms with Crippen LogP contribution in [0, 0.1) is 5.92 Å². The number of hydrazone groups is 2. The van der Waals surface area contributed by atoms with Crippen LogP contribution in [0.2, 0.25) is 0 Å². The summed E-state index contributed by atoms with van der Waals surface area (Å²) >= 11 is 0. The predicted molar refractivity (Wildman–Crippen MR) is 89.3 cm³/mol.